The third-order valence-electron chi connectivity index (χ3n) is 6.51. The quantitative estimate of drug-likeness (QED) is 0.431. The second-order valence-corrected chi connectivity index (χ2v) is 8.61. The fourth-order valence-corrected chi connectivity index (χ4v) is 4.91. The average Bonchev–Trinajstić information content (AvgIpc) is 3.48. The summed E-state index contributed by atoms with van der Waals surface area (Å²) < 4.78 is 16.3. The second kappa shape index (κ2) is 8.62. The minimum atomic E-state index is -0.0978. The predicted octanol–water partition coefficient (Wildman–Crippen LogP) is 2.93. The summed E-state index contributed by atoms with van der Waals surface area (Å²) >= 11 is 0. The number of aliphatic hydroxyl groups is 1. The zero-order valence-corrected chi connectivity index (χ0v) is 18.7. The molecule has 0 saturated carbocycles. The maximum Gasteiger partial charge on any atom is 0.248 e. The number of ether oxygens (including phenoxy) is 3. The van der Waals surface area contributed by atoms with Gasteiger partial charge >= 0.3 is 0 Å². The lowest BCUT2D eigenvalue weighted by atomic mass is 9.96. The van der Waals surface area contributed by atoms with Crippen LogP contribution in [0, 0.1) is 0 Å². The summed E-state index contributed by atoms with van der Waals surface area (Å²) in [6.07, 6.45) is 1.36. The van der Waals surface area contributed by atoms with Crippen molar-refractivity contribution in [2.45, 2.75) is 19.4 Å². The Morgan fingerprint density at radius 2 is 2.06 bits per heavy atom. The van der Waals surface area contributed by atoms with Crippen LogP contribution in [0.1, 0.15) is 22.5 Å². The molecule has 6 rings (SSSR count). The van der Waals surface area contributed by atoms with E-state index in [4.69, 9.17) is 24.3 Å². The van der Waals surface area contributed by atoms with E-state index in [9.17, 15) is 4.79 Å². The van der Waals surface area contributed by atoms with Gasteiger partial charge in [0.1, 0.15) is 6.61 Å². The number of hydrogen-bond acceptors (Lipinski definition) is 6. The van der Waals surface area contributed by atoms with Crippen LogP contribution in [0.3, 0.4) is 0 Å². The summed E-state index contributed by atoms with van der Waals surface area (Å²) in [5.74, 6) is 1.43. The number of rotatable bonds is 6. The van der Waals surface area contributed by atoms with E-state index < -0.39 is 0 Å². The van der Waals surface area contributed by atoms with E-state index >= 15 is 0 Å². The summed E-state index contributed by atoms with van der Waals surface area (Å²) in [5, 5.41) is 11.3. The molecule has 4 heterocycles. The molecule has 1 amide bonds. The van der Waals surface area contributed by atoms with Crippen molar-refractivity contribution in [1.29, 1.82) is 0 Å². The lowest BCUT2D eigenvalue weighted by Crippen LogP contribution is -2.39. The number of hydrogen-bond donors (Lipinski definition) is 2. The van der Waals surface area contributed by atoms with Crippen molar-refractivity contribution >= 4 is 27.7 Å². The van der Waals surface area contributed by atoms with Crippen molar-refractivity contribution in [2.75, 3.05) is 33.2 Å². The van der Waals surface area contributed by atoms with Crippen LogP contribution < -0.4 is 9.47 Å². The van der Waals surface area contributed by atoms with Crippen LogP contribution in [-0.4, -0.2) is 59.0 Å². The maximum absolute atomic E-state index is 12.7. The number of amides is 1. The number of para-hydroxylation sites is 1. The first-order valence-electron chi connectivity index (χ1n) is 11.5. The molecule has 174 valence electrons. The van der Waals surface area contributed by atoms with Gasteiger partial charge in [0.2, 0.25) is 12.7 Å². The Morgan fingerprint density at radius 3 is 2.97 bits per heavy atom. The normalized spacial score (nSPS) is 14.7. The topological polar surface area (TPSA) is 96.9 Å². The predicted molar refractivity (Wildman–Crippen MR) is 126 cm³/mol. The third kappa shape index (κ3) is 3.65. The molecule has 0 saturated heterocycles. The van der Waals surface area contributed by atoms with Crippen molar-refractivity contribution in [1.82, 2.24) is 14.9 Å². The Hall–Kier alpha value is -3.62. The number of aromatic amines is 1. The summed E-state index contributed by atoms with van der Waals surface area (Å²) in [6.45, 7) is 1.33. The fourth-order valence-electron chi connectivity index (χ4n) is 4.91. The smallest absolute Gasteiger partial charge is 0.248 e. The first kappa shape index (κ1) is 20.9. The highest BCUT2D eigenvalue weighted by Crippen LogP contribution is 2.37. The van der Waals surface area contributed by atoms with Gasteiger partial charge in [-0.15, -0.1) is 0 Å². The lowest BCUT2D eigenvalue weighted by Gasteiger charge is -2.29. The van der Waals surface area contributed by atoms with E-state index in [1.807, 2.05) is 24.3 Å². The van der Waals surface area contributed by atoms with Gasteiger partial charge in [-0.25, -0.2) is 0 Å². The molecule has 0 spiro atoms. The molecule has 0 fully saturated rings. The average molecular weight is 460 g/mol. The van der Waals surface area contributed by atoms with Crippen LogP contribution in [-0.2, 0) is 28.9 Å². The SMILES string of the molecule is O=C(COCCO)N1CCc2c(nc(Cc3ccc4c(c3)OCO4)c3[nH]c4ccccc4c23)C1. The maximum atomic E-state index is 12.7. The van der Waals surface area contributed by atoms with Crippen molar-refractivity contribution in [3.05, 3.63) is 65.0 Å². The summed E-state index contributed by atoms with van der Waals surface area (Å²) in [7, 11) is 0. The van der Waals surface area contributed by atoms with E-state index in [0.717, 1.165) is 45.9 Å². The van der Waals surface area contributed by atoms with Crippen molar-refractivity contribution in [3.8, 4) is 11.5 Å². The van der Waals surface area contributed by atoms with Crippen LogP contribution in [0.25, 0.3) is 21.8 Å². The number of aliphatic hydroxyl groups excluding tert-OH is 1. The molecule has 2 aromatic carbocycles. The van der Waals surface area contributed by atoms with E-state index in [0.29, 0.717) is 19.5 Å². The standard InChI is InChI=1S/C26H25N3O5/c30-9-10-32-14-24(31)29-8-7-18-21(13-29)27-20(11-16-5-6-22-23(12-16)34-15-33-22)26-25(18)17-3-1-2-4-19(17)28-26/h1-6,12,28,30H,7-11,13-15H2. The largest absolute Gasteiger partial charge is 0.454 e. The number of carbonyl (C=O) groups excluding carboxylic acids is 1. The molecular weight excluding hydrogens is 434 g/mol. The highest BCUT2D eigenvalue weighted by atomic mass is 16.7. The Balaban J connectivity index is 1.41. The number of H-pyrrole nitrogens is 1. The van der Waals surface area contributed by atoms with Gasteiger partial charge in [-0.1, -0.05) is 24.3 Å². The molecule has 2 aliphatic heterocycles. The van der Waals surface area contributed by atoms with Crippen molar-refractivity contribution in [2.24, 2.45) is 0 Å². The van der Waals surface area contributed by atoms with Gasteiger partial charge in [-0.3, -0.25) is 9.78 Å². The lowest BCUT2D eigenvalue weighted by molar-refractivity contribution is -0.137. The molecule has 2 aromatic heterocycles. The Morgan fingerprint density at radius 1 is 1.18 bits per heavy atom. The molecular formula is C26H25N3O5. The molecule has 34 heavy (non-hydrogen) atoms. The zero-order valence-electron chi connectivity index (χ0n) is 18.7. The molecule has 4 aromatic rings. The van der Waals surface area contributed by atoms with Crippen LogP contribution in [0.5, 0.6) is 11.5 Å². The van der Waals surface area contributed by atoms with Gasteiger partial charge in [0, 0.05) is 29.3 Å². The number of benzene rings is 2. The van der Waals surface area contributed by atoms with Crippen molar-refractivity contribution < 1.29 is 24.1 Å². The number of fused-ring (bicyclic) bond motifs is 6. The van der Waals surface area contributed by atoms with E-state index in [2.05, 4.69) is 23.2 Å². The molecule has 2 aliphatic rings. The summed E-state index contributed by atoms with van der Waals surface area (Å²) in [6, 6.07) is 14.3. The van der Waals surface area contributed by atoms with Gasteiger partial charge < -0.3 is 29.2 Å². The second-order valence-electron chi connectivity index (χ2n) is 8.61. The highest BCUT2D eigenvalue weighted by molar-refractivity contribution is 6.10. The number of pyridine rings is 1. The molecule has 0 unspecified atom stereocenters. The van der Waals surface area contributed by atoms with E-state index in [1.165, 1.54) is 16.3 Å². The number of nitrogens with one attached hydrogen (secondary N) is 1. The molecule has 8 nitrogen and oxygen atoms in total. The van der Waals surface area contributed by atoms with Gasteiger partial charge in [0.15, 0.2) is 11.5 Å². The Bertz CT molecular complexity index is 1400. The van der Waals surface area contributed by atoms with Gasteiger partial charge in [0.05, 0.1) is 36.7 Å². The van der Waals surface area contributed by atoms with Crippen LogP contribution in [0.15, 0.2) is 42.5 Å². The highest BCUT2D eigenvalue weighted by Gasteiger charge is 2.26. The monoisotopic (exact) mass is 459 g/mol. The fraction of sp³-hybridized carbons (Fsp3) is 0.308. The van der Waals surface area contributed by atoms with E-state index in [1.54, 1.807) is 4.90 Å². The number of aromatic nitrogens is 2. The summed E-state index contributed by atoms with van der Waals surface area (Å²) in [4.78, 5) is 23.1. The molecule has 0 bridgehead atoms. The molecule has 8 heteroatoms. The van der Waals surface area contributed by atoms with Gasteiger partial charge in [-0.05, 0) is 35.7 Å². The molecule has 0 radical (unpaired) electrons. The number of nitrogens with zero attached hydrogens (tertiary/aromatic N) is 2. The van der Waals surface area contributed by atoms with E-state index in [-0.39, 0.29) is 32.5 Å². The number of carbonyl (C=O) groups is 1. The minimum Gasteiger partial charge on any atom is -0.454 e. The third-order valence-corrected chi connectivity index (χ3v) is 6.51. The van der Waals surface area contributed by atoms with Gasteiger partial charge in [-0.2, -0.15) is 0 Å². The minimum absolute atomic E-state index is 0.0325. The molecule has 0 atom stereocenters. The zero-order chi connectivity index (χ0) is 23.1. The Kier molecular flexibility index (Phi) is 5.31. The van der Waals surface area contributed by atoms with Gasteiger partial charge in [0.25, 0.3) is 0 Å². The first-order valence-corrected chi connectivity index (χ1v) is 11.5. The van der Waals surface area contributed by atoms with Crippen LogP contribution in [0.4, 0.5) is 0 Å². The van der Waals surface area contributed by atoms with Crippen LogP contribution in [0.2, 0.25) is 0 Å². The summed E-state index contributed by atoms with van der Waals surface area (Å²) in [5.41, 5.74) is 6.27. The first-order chi connectivity index (χ1) is 16.7. The van der Waals surface area contributed by atoms with Crippen LogP contribution >= 0.6 is 0 Å². The molecule has 0 aliphatic carbocycles. The Labute approximate surface area is 196 Å². The molecule has 2 N–H and O–H groups in total. The van der Waals surface area contributed by atoms with Crippen molar-refractivity contribution in [3.63, 3.8) is 0 Å².